The first-order chi connectivity index (χ1) is 17.4. The summed E-state index contributed by atoms with van der Waals surface area (Å²) in [7, 11) is 0. The number of ether oxygens (including phenoxy) is 1. The lowest BCUT2D eigenvalue weighted by molar-refractivity contribution is 0.132. The summed E-state index contributed by atoms with van der Waals surface area (Å²) in [6.45, 7) is 4.90. The van der Waals surface area contributed by atoms with E-state index in [-0.39, 0.29) is 6.04 Å². The van der Waals surface area contributed by atoms with Crippen LogP contribution in [0.2, 0.25) is 0 Å². The van der Waals surface area contributed by atoms with Gasteiger partial charge in [-0.15, -0.1) is 0 Å². The topological polar surface area (TPSA) is 126 Å². The van der Waals surface area contributed by atoms with Gasteiger partial charge in [0, 0.05) is 48.0 Å². The van der Waals surface area contributed by atoms with Gasteiger partial charge in [-0.05, 0) is 56.0 Å². The van der Waals surface area contributed by atoms with Crippen LogP contribution in [0.25, 0.3) is 22.0 Å². The second-order valence-electron chi connectivity index (χ2n) is 9.10. The number of likely N-dealkylation sites (tertiary alicyclic amines) is 1. The number of carboxylic acid groups (broad SMARTS) is 1. The Morgan fingerprint density at radius 1 is 1.17 bits per heavy atom. The summed E-state index contributed by atoms with van der Waals surface area (Å²) in [5, 5.41) is 14.5. The van der Waals surface area contributed by atoms with Gasteiger partial charge in [0.25, 0.3) is 0 Å². The highest BCUT2D eigenvalue weighted by atomic mass is 16.5. The van der Waals surface area contributed by atoms with Gasteiger partial charge in [0.05, 0.1) is 11.3 Å². The van der Waals surface area contributed by atoms with Crippen LogP contribution in [0.1, 0.15) is 24.0 Å². The lowest BCUT2D eigenvalue weighted by atomic mass is 10.0. The van der Waals surface area contributed by atoms with Gasteiger partial charge in [-0.1, -0.05) is 24.3 Å². The fourth-order valence-corrected chi connectivity index (χ4v) is 4.55. The zero-order chi connectivity index (χ0) is 25.2. The van der Waals surface area contributed by atoms with E-state index in [2.05, 4.69) is 15.3 Å². The molecule has 2 aromatic heterocycles. The van der Waals surface area contributed by atoms with Gasteiger partial charge in [0.1, 0.15) is 5.75 Å². The molecule has 0 aliphatic carbocycles. The lowest BCUT2D eigenvalue weighted by Crippen LogP contribution is -2.44. The van der Waals surface area contributed by atoms with Crippen LogP contribution in [0.3, 0.4) is 0 Å². The molecule has 1 saturated heterocycles. The molecule has 0 radical (unpaired) electrons. The summed E-state index contributed by atoms with van der Waals surface area (Å²) in [6, 6.07) is 13.5. The number of pyridine rings is 1. The lowest BCUT2D eigenvalue weighted by Gasteiger charge is -2.31. The minimum atomic E-state index is -0.908. The molecule has 1 fully saturated rings. The first-order valence-corrected chi connectivity index (χ1v) is 11.9. The standard InChI is InChI=1S/C27H28N6O3/c1-16-13-21(23-10-11-29-26(32-23)31-18-5-4-12-33(15-18)27(34)35)25(30-14-16)36-24-17(2)8-9-19-20(24)6-3-7-22(19)28/h3,6-11,13-14,18H,4-5,12,15,28H2,1-2H3,(H,34,35)(H,29,31,32). The monoisotopic (exact) mass is 484 g/mol. The summed E-state index contributed by atoms with van der Waals surface area (Å²) in [6.07, 6.45) is 4.17. The van der Waals surface area contributed by atoms with Crippen molar-refractivity contribution in [3.8, 4) is 22.9 Å². The molecule has 1 aliphatic heterocycles. The van der Waals surface area contributed by atoms with Gasteiger partial charge in [-0.2, -0.15) is 0 Å². The fraction of sp³-hybridized carbons (Fsp3) is 0.259. The van der Waals surface area contributed by atoms with Crippen LogP contribution in [0.15, 0.2) is 54.9 Å². The highest BCUT2D eigenvalue weighted by Crippen LogP contribution is 2.38. The quantitative estimate of drug-likeness (QED) is 0.328. The van der Waals surface area contributed by atoms with E-state index >= 15 is 0 Å². The number of piperidine rings is 1. The Morgan fingerprint density at radius 3 is 2.86 bits per heavy atom. The van der Waals surface area contributed by atoms with Crippen molar-refractivity contribution in [1.82, 2.24) is 19.9 Å². The highest BCUT2D eigenvalue weighted by Gasteiger charge is 2.24. The summed E-state index contributed by atoms with van der Waals surface area (Å²) in [4.78, 5) is 26.5. The number of nitrogen functional groups attached to an aromatic ring is 1. The molecular formula is C27H28N6O3. The number of hydrogen-bond donors (Lipinski definition) is 3. The molecule has 36 heavy (non-hydrogen) atoms. The summed E-state index contributed by atoms with van der Waals surface area (Å²) in [5.74, 6) is 1.56. The SMILES string of the molecule is Cc1cnc(Oc2c(C)ccc3c(N)cccc23)c(-c2ccnc(NC3CCCN(C(=O)O)C3)n2)c1. The van der Waals surface area contributed by atoms with Crippen molar-refractivity contribution >= 4 is 28.5 Å². The molecule has 1 aliphatic rings. The molecular weight excluding hydrogens is 456 g/mol. The number of nitrogens with one attached hydrogen (secondary N) is 1. The largest absolute Gasteiger partial charge is 0.465 e. The second kappa shape index (κ2) is 9.69. The highest BCUT2D eigenvalue weighted by molar-refractivity contribution is 5.97. The van der Waals surface area contributed by atoms with Gasteiger partial charge in [-0.3, -0.25) is 0 Å². The Labute approximate surface area is 209 Å². The molecule has 4 N–H and O–H groups in total. The Morgan fingerprint density at radius 2 is 2.03 bits per heavy atom. The van der Waals surface area contributed by atoms with Crippen LogP contribution in [0, 0.1) is 13.8 Å². The number of rotatable bonds is 5. The molecule has 5 rings (SSSR count). The smallest absolute Gasteiger partial charge is 0.407 e. The molecule has 9 nitrogen and oxygen atoms in total. The van der Waals surface area contributed by atoms with Gasteiger partial charge in [0.15, 0.2) is 0 Å². The number of nitrogens with zero attached hydrogens (tertiary/aromatic N) is 4. The van der Waals surface area contributed by atoms with E-state index in [1.54, 1.807) is 12.4 Å². The number of aromatic nitrogens is 3. The van der Waals surface area contributed by atoms with Crippen LogP contribution in [-0.4, -0.2) is 50.2 Å². The molecule has 1 amide bonds. The van der Waals surface area contributed by atoms with E-state index in [4.69, 9.17) is 15.5 Å². The minimum absolute atomic E-state index is 0.0553. The number of aryl methyl sites for hydroxylation is 2. The normalized spacial score (nSPS) is 15.6. The van der Waals surface area contributed by atoms with Crippen LogP contribution in [-0.2, 0) is 0 Å². The molecule has 0 saturated carbocycles. The third-order valence-electron chi connectivity index (χ3n) is 6.39. The van der Waals surface area contributed by atoms with Gasteiger partial charge < -0.3 is 25.8 Å². The van der Waals surface area contributed by atoms with Crippen molar-refractivity contribution in [3.63, 3.8) is 0 Å². The van der Waals surface area contributed by atoms with E-state index in [1.807, 2.05) is 56.3 Å². The first-order valence-electron chi connectivity index (χ1n) is 11.9. The number of nitrogens with two attached hydrogens (primary N) is 1. The molecule has 4 aromatic rings. The number of benzene rings is 2. The summed E-state index contributed by atoms with van der Waals surface area (Å²) in [5.41, 5.74) is 10.2. The zero-order valence-corrected chi connectivity index (χ0v) is 20.2. The summed E-state index contributed by atoms with van der Waals surface area (Å²) < 4.78 is 6.43. The van der Waals surface area contributed by atoms with Gasteiger partial charge in [0.2, 0.25) is 11.8 Å². The maximum Gasteiger partial charge on any atom is 0.407 e. The summed E-state index contributed by atoms with van der Waals surface area (Å²) >= 11 is 0. The van der Waals surface area contributed by atoms with Crippen LogP contribution in [0.5, 0.6) is 11.6 Å². The molecule has 184 valence electrons. The van der Waals surface area contributed by atoms with Crippen molar-refractivity contribution < 1.29 is 14.6 Å². The third kappa shape index (κ3) is 4.72. The van der Waals surface area contributed by atoms with Gasteiger partial charge >= 0.3 is 6.09 Å². The Kier molecular flexibility index (Phi) is 6.28. The van der Waals surface area contributed by atoms with E-state index < -0.39 is 6.09 Å². The molecule has 9 heteroatoms. The number of fused-ring (bicyclic) bond motifs is 1. The zero-order valence-electron chi connectivity index (χ0n) is 20.2. The minimum Gasteiger partial charge on any atom is -0.465 e. The predicted molar refractivity (Wildman–Crippen MR) is 139 cm³/mol. The van der Waals surface area contributed by atoms with Crippen molar-refractivity contribution in [1.29, 1.82) is 0 Å². The van der Waals surface area contributed by atoms with Crippen LogP contribution < -0.4 is 15.8 Å². The average molecular weight is 485 g/mol. The predicted octanol–water partition coefficient (Wildman–Crippen LogP) is 5.24. The molecule has 1 atom stereocenters. The molecule has 2 aromatic carbocycles. The van der Waals surface area contributed by atoms with Crippen molar-refractivity contribution in [2.24, 2.45) is 0 Å². The molecule has 0 bridgehead atoms. The van der Waals surface area contributed by atoms with Crippen molar-refractivity contribution in [3.05, 3.63) is 66.0 Å². The van der Waals surface area contributed by atoms with E-state index in [0.29, 0.717) is 42.0 Å². The molecule has 1 unspecified atom stereocenters. The maximum atomic E-state index is 11.4. The van der Waals surface area contributed by atoms with E-state index in [9.17, 15) is 9.90 Å². The van der Waals surface area contributed by atoms with Crippen LogP contribution >= 0.6 is 0 Å². The van der Waals surface area contributed by atoms with Crippen molar-refractivity contribution in [2.45, 2.75) is 32.7 Å². The van der Waals surface area contributed by atoms with Crippen LogP contribution in [0.4, 0.5) is 16.4 Å². The van der Waals surface area contributed by atoms with E-state index in [0.717, 1.165) is 40.3 Å². The number of amides is 1. The maximum absolute atomic E-state index is 11.4. The molecule has 3 heterocycles. The first kappa shape index (κ1) is 23.3. The Bertz CT molecular complexity index is 1440. The third-order valence-corrected chi connectivity index (χ3v) is 6.39. The van der Waals surface area contributed by atoms with Crippen molar-refractivity contribution in [2.75, 3.05) is 24.1 Å². The molecule has 0 spiro atoms. The number of carbonyl (C=O) groups is 1. The second-order valence-corrected chi connectivity index (χ2v) is 9.10. The van der Waals surface area contributed by atoms with E-state index in [1.165, 1.54) is 4.90 Å². The average Bonchev–Trinajstić information content (AvgIpc) is 2.87. The number of hydrogen-bond acceptors (Lipinski definition) is 7. The number of anilines is 2. The fourth-order valence-electron chi connectivity index (χ4n) is 4.55. The van der Waals surface area contributed by atoms with Gasteiger partial charge in [-0.25, -0.2) is 19.7 Å². The Balaban J connectivity index is 1.48. The Hall–Kier alpha value is -4.40.